The van der Waals surface area contributed by atoms with E-state index in [1.165, 1.54) is 11.8 Å². The second-order valence-electron chi connectivity index (χ2n) is 6.41. The van der Waals surface area contributed by atoms with Gasteiger partial charge in [-0.15, -0.1) is 10.2 Å². The molecule has 0 spiro atoms. The summed E-state index contributed by atoms with van der Waals surface area (Å²) in [6.45, 7) is 0.390. The van der Waals surface area contributed by atoms with Gasteiger partial charge in [0.25, 0.3) is 0 Å². The number of pyridine rings is 1. The Balaban J connectivity index is 1.49. The zero-order valence-electron chi connectivity index (χ0n) is 16.1. The van der Waals surface area contributed by atoms with Gasteiger partial charge in [-0.1, -0.05) is 78.5 Å². The number of carbonyl (C=O) groups is 1. The SMILES string of the molecule is O=C(CSc1nnc(-c2ccccc2)c(-c2ccccc2)n1)NCc1ccccn1. The number of aromatic nitrogens is 4. The van der Waals surface area contributed by atoms with Gasteiger partial charge in [-0.2, -0.15) is 0 Å². The molecule has 30 heavy (non-hydrogen) atoms. The smallest absolute Gasteiger partial charge is 0.230 e. The largest absolute Gasteiger partial charge is 0.350 e. The topological polar surface area (TPSA) is 80.7 Å². The molecule has 0 unspecified atom stereocenters. The van der Waals surface area contributed by atoms with E-state index in [4.69, 9.17) is 4.98 Å². The first-order chi connectivity index (χ1) is 14.8. The molecule has 0 saturated carbocycles. The summed E-state index contributed by atoms with van der Waals surface area (Å²) in [5.41, 5.74) is 4.17. The van der Waals surface area contributed by atoms with Gasteiger partial charge >= 0.3 is 0 Å². The van der Waals surface area contributed by atoms with Gasteiger partial charge in [-0.3, -0.25) is 9.78 Å². The molecular formula is C23H19N5OS. The van der Waals surface area contributed by atoms with Crippen molar-refractivity contribution < 1.29 is 4.79 Å². The van der Waals surface area contributed by atoms with Crippen molar-refractivity contribution in [2.75, 3.05) is 5.75 Å². The maximum atomic E-state index is 12.2. The predicted molar refractivity (Wildman–Crippen MR) is 118 cm³/mol. The summed E-state index contributed by atoms with van der Waals surface area (Å²) < 4.78 is 0. The van der Waals surface area contributed by atoms with Crippen LogP contribution in [0.15, 0.2) is 90.2 Å². The molecular weight excluding hydrogens is 394 g/mol. The molecule has 7 heteroatoms. The lowest BCUT2D eigenvalue weighted by molar-refractivity contribution is -0.118. The van der Waals surface area contributed by atoms with E-state index in [0.717, 1.165) is 22.5 Å². The summed E-state index contributed by atoms with van der Waals surface area (Å²) in [5.74, 6) is 0.0932. The lowest BCUT2D eigenvalue weighted by Gasteiger charge is -2.09. The minimum atomic E-state index is -0.109. The van der Waals surface area contributed by atoms with Crippen molar-refractivity contribution in [1.82, 2.24) is 25.5 Å². The molecule has 1 amide bonds. The molecule has 0 aliphatic rings. The number of carbonyl (C=O) groups excluding carboxylic acids is 1. The van der Waals surface area contributed by atoms with E-state index in [0.29, 0.717) is 17.4 Å². The van der Waals surface area contributed by atoms with Gasteiger partial charge in [0.15, 0.2) is 0 Å². The average molecular weight is 414 g/mol. The van der Waals surface area contributed by atoms with Crippen LogP contribution in [0.2, 0.25) is 0 Å². The fourth-order valence-electron chi connectivity index (χ4n) is 2.83. The minimum absolute atomic E-state index is 0.109. The van der Waals surface area contributed by atoms with Gasteiger partial charge in [0.05, 0.1) is 18.0 Å². The highest BCUT2D eigenvalue weighted by Gasteiger charge is 2.14. The second kappa shape index (κ2) is 9.76. The van der Waals surface area contributed by atoms with Crippen molar-refractivity contribution in [3.05, 3.63) is 90.8 Å². The van der Waals surface area contributed by atoms with E-state index in [2.05, 4.69) is 20.5 Å². The second-order valence-corrected chi connectivity index (χ2v) is 7.35. The highest BCUT2D eigenvalue weighted by Crippen LogP contribution is 2.29. The van der Waals surface area contributed by atoms with Crippen LogP contribution in [0, 0.1) is 0 Å². The Morgan fingerprint density at radius 2 is 1.47 bits per heavy atom. The van der Waals surface area contributed by atoms with Gasteiger partial charge in [-0.25, -0.2) is 4.98 Å². The Morgan fingerprint density at radius 3 is 2.13 bits per heavy atom. The summed E-state index contributed by atoms with van der Waals surface area (Å²) in [6.07, 6.45) is 1.70. The number of hydrogen-bond acceptors (Lipinski definition) is 6. The Hall–Kier alpha value is -3.58. The number of amides is 1. The Labute approximate surface area is 178 Å². The lowest BCUT2D eigenvalue weighted by Crippen LogP contribution is -2.25. The molecule has 4 rings (SSSR count). The van der Waals surface area contributed by atoms with Crippen molar-refractivity contribution in [3.63, 3.8) is 0 Å². The van der Waals surface area contributed by atoms with Crippen LogP contribution >= 0.6 is 11.8 Å². The first-order valence-corrected chi connectivity index (χ1v) is 10.4. The van der Waals surface area contributed by atoms with Gasteiger partial charge in [0, 0.05) is 17.3 Å². The predicted octanol–water partition coefficient (Wildman–Crippen LogP) is 4.01. The molecule has 2 aromatic carbocycles. The third-order valence-corrected chi connectivity index (χ3v) is 5.12. The molecule has 0 atom stereocenters. The van der Waals surface area contributed by atoms with Crippen LogP contribution in [0.3, 0.4) is 0 Å². The Kier molecular flexibility index (Phi) is 6.41. The van der Waals surface area contributed by atoms with Crippen molar-refractivity contribution in [2.24, 2.45) is 0 Å². The Bertz CT molecular complexity index is 1110. The quantitative estimate of drug-likeness (QED) is 0.461. The van der Waals surface area contributed by atoms with Crippen molar-refractivity contribution in [3.8, 4) is 22.5 Å². The number of thioether (sulfide) groups is 1. The molecule has 2 heterocycles. The summed E-state index contributed by atoms with van der Waals surface area (Å²) in [4.78, 5) is 21.1. The monoisotopic (exact) mass is 413 g/mol. The van der Waals surface area contributed by atoms with Crippen LogP contribution < -0.4 is 5.32 Å². The highest BCUT2D eigenvalue weighted by molar-refractivity contribution is 7.99. The number of nitrogens with one attached hydrogen (secondary N) is 1. The van der Waals surface area contributed by atoms with E-state index in [9.17, 15) is 4.79 Å². The van der Waals surface area contributed by atoms with Crippen molar-refractivity contribution >= 4 is 17.7 Å². The van der Waals surface area contributed by atoms with E-state index in [1.54, 1.807) is 6.20 Å². The third kappa shape index (κ3) is 5.07. The van der Waals surface area contributed by atoms with Crippen LogP contribution in [0.4, 0.5) is 0 Å². The molecule has 1 N–H and O–H groups in total. The highest BCUT2D eigenvalue weighted by atomic mass is 32.2. The van der Waals surface area contributed by atoms with Crippen LogP contribution in [-0.2, 0) is 11.3 Å². The number of benzene rings is 2. The van der Waals surface area contributed by atoms with Crippen molar-refractivity contribution in [2.45, 2.75) is 11.7 Å². The third-order valence-electron chi connectivity index (χ3n) is 4.29. The molecule has 6 nitrogen and oxygen atoms in total. The van der Waals surface area contributed by atoms with E-state index in [-0.39, 0.29) is 11.7 Å². The fourth-order valence-corrected chi connectivity index (χ4v) is 3.45. The number of nitrogens with zero attached hydrogens (tertiary/aromatic N) is 4. The van der Waals surface area contributed by atoms with Crippen molar-refractivity contribution in [1.29, 1.82) is 0 Å². The van der Waals surface area contributed by atoms with E-state index in [1.807, 2.05) is 78.9 Å². The van der Waals surface area contributed by atoms with Gasteiger partial charge in [-0.05, 0) is 12.1 Å². The first-order valence-electron chi connectivity index (χ1n) is 9.44. The molecule has 0 fully saturated rings. The minimum Gasteiger partial charge on any atom is -0.350 e. The van der Waals surface area contributed by atoms with Crippen LogP contribution in [0.5, 0.6) is 0 Å². The van der Waals surface area contributed by atoms with Gasteiger partial charge in [0.1, 0.15) is 11.4 Å². The molecule has 0 saturated heterocycles. The maximum absolute atomic E-state index is 12.2. The Morgan fingerprint density at radius 1 is 0.800 bits per heavy atom. The normalized spacial score (nSPS) is 10.5. The number of rotatable bonds is 7. The first kappa shape index (κ1) is 19.7. The lowest BCUT2D eigenvalue weighted by atomic mass is 10.0. The van der Waals surface area contributed by atoms with Crippen LogP contribution in [0.25, 0.3) is 22.5 Å². The number of hydrogen-bond donors (Lipinski definition) is 1. The summed E-state index contributed by atoms with van der Waals surface area (Å²) >= 11 is 1.26. The molecule has 0 aliphatic carbocycles. The standard InChI is InChI=1S/C23H19N5OS/c29-20(25-15-19-13-7-8-14-24-19)16-30-23-26-21(17-9-3-1-4-10-17)22(27-28-23)18-11-5-2-6-12-18/h1-14H,15-16H2,(H,25,29). The molecule has 0 radical (unpaired) electrons. The van der Waals surface area contributed by atoms with Crippen LogP contribution in [0.1, 0.15) is 5.69 Å². The average Bonchev–Trinajstić information content (AvgIpc) is 2.83. The summed E-state index contributed by atoms with van der Waals surface area (Å²) in [6, 6.07) is 25.3. The summed E-state index contributed by atoms with van der Waals surface area (Å²) in [5, 5.41) is 12.0. The molecule has 0 aliphatic heterocycles. The fraction of sp³-hybridized carbons (Fsp3) is 0.0870. The van der Waals surface area contributed by atoms with E-state index < -0.39 is 0 Å². The zero-order chi connectivity index (χ0) is 20.6. The molecule has 0 bridgehead atoms. The zero-order valence-corrected chi connectivity index (χ0v) is 16.9. The van der Waals surface area contributed by atoms with Gasteiger partial charge < -0.3 is 5.32 Å². The van der Waals surface area contributed by atoms with Crippen LogP contribution in [-0.4, -0.2) is 31.8 Å². The molecule has 4 aromatic rings. The maximum Gasteiger partial charge on any atom is 0.230 e. The van der Waals surface area contributed by atoms with Gasteiger partial charge in [0.2, 0.25) is 11.1 Å². The molecule has 148 valence electrons. The molecule has 2 aromatic heterocycles. The summed E-state index contributed by atoms with van der Waals surface area (Å²) in [7, 11) is 0. The van der Waals surface area contributed by atoms with E-state index >= 15 is 0 Å².